The molecule has 0 bridgehead atoms. The molecule has 1 aromatic heterocycles. The lowest BCUT2D eigenvalue weighted by molar-refractivity contribution is 0.324. The second kappa shape index (κ2) is 7.61. The molecule has 3 aromatic rings. The van der Waals surface area contributed by atoms with Crippen LogP contribution in [0.3, 0.4) is 0 Å². The van der Waals surface area contributed by atoms with E-state index in [0.29, 0.717) is 17.2 Å². The molecule has 0 fully saturated rings. The number of rotatable bonds is 6. The van der Waals surface area contributed by atoms with Gasteiger partial charge in [0.15, 0.2) is 11.5 Å². The van der Waals surface area contributed by atoms with E-state index in [-0.39, 0.29) is 0 Å². The van der Waals surface area contributed by atoms with Crippen LogP contribution >= 0.6 is 0 Å². The van der Waals surface area contributed by atoms with Crippen LogP contribution < -0.4 is 19.1 Å². The predicted octanol–water partition coefficient (Wildman–Crippen LogP) is 3.85. The Kier molecular flexibility index (Phi) is 5.26. The number of nitrogens with zero attached hydrogens (tertiary/aromatic N) is 3. The van der Waals surface area contributed by atoms with Crippen LogP contribution in [0.1, 0.15) is 0 Å². The Bertz CT molecular complexity index is 905. The van der Waals surface area contributed by atoms with Gasteiger partial charge in [0.05, 0.1) is 39.0 Å². The molecule has 0 saturated carbocycles. The first-order chi connectivity index (χ1) is 13.0. The summed E-state index contributed by atoms with van der Waals surface area (Å²) >= 11 is 0. The molecule has 0 atom stereocenters. The average Bonchev–Trinajstić information content (AvgIpc) is 3.08. The Hall–Kier alpha value is -3.15. The highest BCUT2D eigenvalue weighted by Crippen LogP contribution is 2.42. The molecule has 0 aliphatic carbocycles. The predicted molar refractivity (Wildman–Crippen MR) is 108 cm³/mol. The normalized spacial score (nSPS) is 10.6. The van der Waals surface area contributed by atoms with Gasteiger partial charge in [0.2, 0.25) is 5.75 Å². The molecule has 1 heterocycles. The number of ether oxygens (including phenoxy) is 3. The van der Waals surface area contributed by atoms with Gasteiger partial charge in [0.25, 0.3) is 0 Å². The van der Waals surface area contributed by atoms with E-state index < -0.39 is 0 Å². The van der Waals surface area contributed by atoms with Crippen LogP contribution in [0.5, 0.6) is 17.2 Å². The van der Waals surface area contributed by atoms with Crippen LogP contribution in [0.15, 0.2) is 42.7 Å². The minimum atomic E-state index is 0.566. The number of imidazole rings is 1. The molecule has 0 saturated heterocycles. The van der Waals surface area contributed by atoms with Crippen molar-refractivity contribution in [3.05, 3.63) is 42.7 Å². The van der Waals surface area contributed by atoms with Gasteiger partial charge in [-0.25, -0.2) is 4.98 Å². The summed E-state index contributed by atoms with van der Waals surface area (Å²) < 4.78 is 18.4. The van der Waals surface area contributed by atoms with E-state index in [4.69, 9.17) is 14.2 Å². The van der Waals surface area contributed by atoms with E-state index in [1.54, 1.807) is 21.3 Å². The van der Waals surface area contributed by atoms with E-state index in [1.807, 2.05) is 44.2 Å². The van der Waals surface area contributed by atoms with Crippen LogP contribution in [-0.4, -0.2) is 45.0 Å². The summed E-state index contributed by atoms with van der Waals surface area (Å²) in [6.07, 6.45) is 1.81. The molecule has 0 spiro atoms. The topological polar surface area (TPSA) is 48.8 Å². The molecule has 0 amide bonds. The zero-order valence-corrected chi connectivity index (χ0v) is 16.6. The summed E-state index contributed by atoms with van der Waals surface area (Å²) in [5, 5.41) is 0. The Balaban J connectivity index is 2.14. The lowest BCUT2D eigenvalue weighted by Crippen LogP contribution is -2.08. The van der Waals surface area contributed by atoms with Crippen LogP contribution in [-0.2, 0) is 7.05 Å². The Morgan fingerprint density at radius 2 is 1.44 bits per heavy atom. The zero-order valence-electron chi connectivity index (χ0n) is 16.6. The van der Waals surface area contributed by atoms with E-state index in [1.165, 1.54) is 0 Å². The van der Waals surface area contributed by atoms with Crippen LogP contribution in [0.25, 0.3) is 22.5 Å². The van der Waals surface area contributed by atoms with Gasteiger partial charge in [-0.3, -0.25) is 0 Å². The highest BCUT2D eigenvalue weighted by Gasteiger charge is 2.19. The van der Waals surface area contributed by atoms with Crippen molar-refractivity contribution >= 4 is 5.69 Å². The minimum absolute atomic E-state index is 0.566. The van der Waals surface area contributed by atoms with E-state index in [2.05, 4.69) is 34.1 Å². The maximum atomic E-state index is 5.49. The Morgan fingerprint density at radius 3 is 1.93 bits per heavy atom. The van der Waals surface area contributed by atoms with E-state index in [9.17, 15) is 0 Å². The number of aromatic nitrogens is 2. The van der Waals surface area contributed by atoms with Gasteiger partial charge in [-0.05, 0) is 24.3 Å². The van der Waals surface area contributed by atoms with Gasteiger partial charge in [-0.15, -0.1) is 0 Å². The smallest absolute Gasteiger partial charge is 0.203 e. The molecule has 0 N–H and O–H groups in total. The minimum Gasteiger partial charge on any atom is -0.493 e. The molecule has 0 aliphatic heterocycles. The third-order valence-corrected chi connectivity index (χ3v) is 4.53. The van der Waals surface area contributed by atoms with Crippen molar-refractivity contribution in [2.24, 2.45) is 7.05 Å². The molecule has 27 heavy (non-hydrogen) atoms. The quantitative estimate of drug-likeness (QED) is 0.662. The lowest BCUT2D eigenvalue weighted by Gasteiger charge is -2.15. The van der Waals surface area contributed by atoms with Gasteiger partial charge in [0, 0.05) is 38.0 Å². The number of anilines is 1. The summed E-state index contributed by atoms with van der Waals surface area (Å²) in [6, 6.07) is 12.2. The zero-order chi connectivity index (χ0) is 19.6. The fraction of sp³-hybridized carbons (Fsp3) is 0.286. The molecule has 0 unspecified atom stereocenters. The standard InChI is InChI=1S/C21H25N3O3/c1-23(2)16-9-7-14(8-10-16)20-19(22-13-24(20)3)15-11-17(25-4)21(27-6)18(12-15)26-5/h7-13H,1-6H3. The van der Waals surface area contributed by atoms with Gasteiger partial charge in [-0.2, -0.15) is 0 Å². The Morgan fingerprint density at radius 1 is 0.852 bits per heavy atom. The molecular formula is C21H25N3O3. The summed E-state index contributed by atoms with van der Waals surface area (Å²) in [5.74, 6) is 1.77. The van der Waals surface area contributed by atoms with Crippen molar-refractivity contribution in [1.29, 1.82) is 0 Å². The third kappa shape index (κ3) is 3.43. The summed E-state index contributed by atoms with van der Waals surface area (Å²) in [5.41, 5.74) is 5.01. The van der Waals surface area contributed by atoms with Crippen LogP contribution in [0.2, 0.25) is 0 Å². The second-order valence-corrected chi connectivity index (χ2v) is 6.41. The van der Waals surface area contributed by atoms with Gasteiger partial charge >= 0.3 is 0 Å². The maximum Gasteiger partial charge on any atom is 0.203 e. The monoisotopic (exact) mass is 367 g/mol. The van der Waals surface area contributed by atoms with Crippen molar-refractivity contribution < 1.29 is 14.2 Å². The van der Waals surface area contributed by atoms with Crippen molar-refractivity contribution in [1.82, 2.24) is 9.55 Å². The molecule has 6 heteroatoms. The first-order valence-corrected chi connectivity index (χ1v) is 8.59. The van der Waals surface area contributed by atoms with Crippen molar-refractivity contribution in [3.8, 4) is 39.8 Å². The molecule has 0 aliphatic rings. The molecule has 3 rings (SSSR count). The van der Waals surface area contributed by atoms with E-state index in [0.717, 1.165) is 28.2 Å². The largest absolute Gasteiger partial charge is 0.493 e. The number of hydrogen-bond acceptors (Lipinski definition) is 5. The summed E-state index contributed by atoms with van der Waals surface area (Å²) in [6.45, 7) is 0. The first kappa shape index (κ1) is 18.6. The highest BCUT2D eigenvalue weighted by atomic mass is 16.5. The number of hydrogen-bond donors (Lipinski definition) is 0. The first-order valence-electron chi connectivity index (χ1n) is 8.59. The lowest BCUT2D eigenvalue weighted by atomic mass is 10.0. The van der Waals surface area contributed by atoms with Crippen molar-refractivity contribution in [3.63, 3.8) is 0 Å². The van der Waals surface area contributed by atoms with Gasteiger partial charge in [-0.1, -0.05) is 12.1 Å². The van der Waals surface area contributed by atoms with Gasteiger partial charge < -0.3 is 23.7 Å². The van der Waals surface area contributed by atoms with Crippen molar-refractivity contribution in [2.45, 2.75) is 0 Å². The average molecular weight is 367 g/mol. The van der Waals surface area contributed by atoms with Crippen LogP contribution in [0, 0.1) is 0 Å². The second-order valence-electron chi connectivity index (χ2n) is 6.41. The highest BCUT2D eigenvalue weighted by molar-refractivity contribution is 5.81. The Labute approximate surface area is 159 Å². The third-order valence-electron chi connectivity index (χ3n) is 4.53. The molecular weight excluding hydrogens is 342 g/mol. The molecule has 142 valence electrons. The summed E-state index contributed by atoms with van der Waals surface area (Å²) in [4.78, 5) is 6.70. The number of aryl methyl sites for hydroxylation is 1. The molecule has 2 aromatic carbocycles. The number of benzene rings is 2. The fourth-order valence-electron chi connectivity index (χ4n) is 3.12. The van der Waals surface area contributed by atoms with Crippen molar-refractivity contribution in [2.75, 3.05) is 40.3 Å². The molecule has 6 nitrogen and oxygen atoms in total. The summed E-state index contributed by atoms with van der Waals surface area (Å²) in [7, 11) is 10.9. The molecule has 0 radical (unpaired) electrons. The number of methoxy groups -OCH3 is 3. The van der Waals surface area contributed by atoms with E-state index >= 15 is 0 Å². The maximum absolute atomic E-state index is 5.49. The van der Waals surface area contributed by atoms with Crippen LogP contribution in [0.4, 0.5) is 5.69 Å². The SMILES string of the molecule is COc1cc(-c2ncn(C)c2-c2ccc(N(C)C)cc2)cc(OC)c1OC. The van der Waals surface area contributed by atoms with Gasteiger partial charge in [0.1, 0.15) is 0 Å². The fourth-order valence-corrected chi connectivity index (χ4v) is 3.12.